The molecule has 8 heteroatoms. The Labute approximate surface area is 281 Å². The molecule has 272 valence electrons. The van der Waals surface area contributed by atoms with Crippen molar-refractivity contribution in [3.63, 3.8) is 0 Å². The molecule has 4 N–H and O–H groups in total. The van der Waals surface area contributed by atoms with E-state index in [1.54, 1.807) is 0 Å². The van der Waals surface area contributed by atoms with Crippen molar-refractivity contribution in [2.24, 2.45) is 29.1 Å². The highest BCUT2D eigenvalue weighted by molar-refractivity contribution is 5.74. The van der Waals surface area contributed by atoms with Crippen LogP contribution in [-0.2, 0) is 19.2 Å². The van der Waals surface area contributed by atoms with E-state index in [0.717, 1.165) is 76.0 Å². The van der Waals surface area contributed by atoms with Gasteiger partial charge in [-0.05, 0) is 62.7 Å². The Morgan fingerprint density at radius 3 is 1.39 bits per heavy atom. The number of carboxylic acid groups (broad SMARTS) is 4. The lowest BCUT2D eigenvalue weighted by Crippen LogP contribution is -2.31. The zero-order valence-electron chi connectivity index (χ0n) is 30.5. The average Bonchev–Trinajstić information content (AvgIpc) is 2.96. The van der Waals surface area contributed by atoms with E-state index in [9.17, 15) is 24.3 Å². The van der Waals surface area contributed by atoms with Gasteiger partial charge in [0.25, 0.3) is 0 Å². The van der Waals surface area contributed by atoms with Gasteiger partial charge in [0.05, 0.1) is 11.3 Å². The van der Waals surface area contributed by atoms with Crippen molar-refractivity contribution < 1.29 is 39.6 Å². The molecule has 0 rings (SSSR count). The van der Waals surface area contributed by atoms with Crippen LogP contribution in [0.25, 0.3) is 0 Å². The third-order valence-electron chi connectivity index (χ3n) is 9.33. The Morgan fingerprint density at radius 1 is 0.543 bits per heavy atom. The van der Waals surface area contributed by atoms with Crippen molar-refractivity contribution >= 4 is 23.9 Å². The van der Waals surface area contributed by atoms with Gasteiger partial charge in [0.1, 0.15) is 0 Å². The van der Waals surface area contributed by atoms with Crippen LogP contribution in [-0.4, -0.2) is 44.3 Å². The molecule has 0 aliphatic heterocycles. The van der Waals surface area contributed by atoms with Gasteiger partial charge < -0.3 is 20.4 Å². The maximum Gasteiger partial charge on any atom is 0.309 e. The molecule has 0 bridgehead atoms. The summed E-state index contributed by atoms with van der Waals surface area (Å²) in [6.45, 7) is 13.2. The highest BCUT2D eigenvalue weighted by atomic mass is 16.4. The minimum absolute atomic E-state index is 0.0650. The highest BCUT2D eigenvalue weighted by Gasteiger charge is 2.36. The van der Waals surface area contributed by atoms with Crippen molar-refractivity contribution in [3.8, 4) is 0 Å². The Balaban J connectivity index is 0. The van der Waals surface area contributed by atoms with Gasteiger partial charge >= 0.3 is 23.9 Å². The number of carbonyl (C=O) groups is 4. The number of hydrogen-bond donors (Lipinski definition) is 4. The van der Waals surface area contributed by atoms with E-state index in [4.69, 9.17) is 15.3 Å². The predicted molar refractivity (Wildman–Crippen MR) is 187 cm³/mol. The lowest BCUT2D eigenvalue weighted by molar-refractivity contribution is -0.151. The molecule has 0 saturated carbocycles. The van der Waals surface area contributed by atoms with Crippen molar-refractivity contribution in [2.75, 3.05) is 0 Å². The largest absolute Gasteiger partial charge is 0.481 e. The Morgan fingerprint density at radius 2 is 1.00 bits per heavy atom. The van der Waals surface area contributed by atoms with Gasteiger partial charge in [-0.25, -0.2) is 0 Å². The van der Waals surface area contributed by atoms with Gasteiger partial charge in [0.2, 0.25) is 0 Å². The topological polar surface area (TPSA) is 149 Å². The monoisotopic (exact) mass is 657 g/mol. The Hall–Kier alpha value is -2.12. The molecule has 8 nitrogen and oxygen atoms in total. The summed E-state index contributed by atoms with van der Waals surface area (Å²) in [5, 5.41) is 36.7. The van der Waals surface area contributed by atoms with E-state index in [2.05, 4.69) is 41.5 Å². The fraction of sp³-hybridized carbons (Fsp3) is 0.895. The fourth-order valence-corrected chi connectivity index (χ4v) is 6.24. The molecule has 0 aromatic carbocycles. The van der Waals surface area contributed by atoms with Gasteiger partial charge in [-0.1, -0.05) is 131 Å². The van der Waals surface area contributed by atoms with Crippen molar-refractivity contribution in [3.05, 3.63) is 0 Å². The highest BCUT2D eigenvalue weighted by Crippen LogP contribution is 2.38. The third kappa shape index (κ3) is 27.0. The summed E-state index contributed by atoms with van der Waals surface area (Å²) in [6, 6.07) is 0. The van der Waals surface area contributed by atoms with Gasteiger partial charge in [-0.2, -0.15) is 0 Å². The smallest absolute Gasteiger partial charge is 0.309 e. The average molecular weight is 657 g/mol. The van der Waals surface area contributed by atoms with Gasteiger partial charge in [-0.3, -0.25) is 19.2 Å². The molecule has 0 heterocycles. The first-order valence-electron chi connectivity index (χ1n) is 18.6. The minimum Gasteiger partial charge on any atom is -0.481 e. The molecule has 0 radical (unpaired) electrons. The van der Waals surface area contributed by atoms with E-state index in [0.29, 0.717) is 50.9 Å². The van der Waals surface area contributed by atoms with Gasteiger partial charge in [0, 0.05) is 12.8 Å². The van der Waals surface area contributed by atoms with Crippen LogP contribution in [0.3, 0.4) is 0 Å². The van der Waals surface area contributed by atoms with E-state index in [1.807, 2.05) is 0 Å². The second kappa shape index (κ2) is 29.1. The maximum atomic E-state index is 12.2. The number of hydrogen-bond acceptors (Lipinski definition) is 4. The molecule has 0 saturated heterocycles. The Bertz CT molecular complexity index is 772. The number of aliphatic carboxylic acids is 4. The lowest BCUT2D eigenvalue weighted by atomic mass is 9.74. The van der Waals surface area contributed by atoms with Crippen LogP contribution in [0.4, 0.5) is 0 Å². The standard InChI is InChI=1S/C24H46O4.C14H26O4/c1-20(2)14-9-5-7-11-17-24(23(27)28,19-13-16-22(25)26)18-12-8-6-10-15-21(3)4;1-3-5-7-11(4-2)10-12(14(17)18)8-6-9-13(15)16/h20-21H,5-19H2,1-4H3,(H,25,26)(H,27,28);11-12H,3-10H2,1-2H3,(H,15,16)(H,17,18). The van der Waals surface area contributed by atoms with Crippen LogP contribution in [0, 0.1) is 29.1 Å². The molecular weight excluding hydrogens is 584 g/mol. The summed E-state index contributed by atoms with van der Waals surface area (Å²) in [4.78, 5) is 44.6. The minimum atomic E-state index is -0.850. The number of rotatable bonds is 30. The Kier molecular flexibility index (Phi) is 29.1. The van der Waals surface area contributed by atoms with Crippen LogP contribution < -0.4 is 0 Å². The molecule has 0 fully saturated rings. The second-order valence-electron chi connectivity index (χ2n) is 14.5. The van der Waals surface area contributed by atoms with E-state index < -0.39 is 29.3 Å². The van der Waals surface area contributed by atoms with Crippen molar-refractivity contribution in [2.45, 2.75) is 189 Å². The first kappa shape index (κ1) is 46.0. The summed E-state index contributed by atoms with van der Waals surface area (Å²) in [6.07, 6.45) is 19.7. The maximum absolute atomic E-state index is 12.2. The predicted octanol–water partition coefficient (Wildman–Crippen LogP) is 10.9. The molecule has 0 spiro atoms. The molecule has 2 unspecified atom stereocenters. The van der Waals surface area contributed by atoms with Crippen LogP contribution in [0.1, 0.15) is 189 Å². The van der Waals surface area contributed by atoms with E-state index in [1.165, 1.54) is 25.7 Å². The number of carboxylic acids is 4. The summed E-state index contributed by atoms with van der Waals surface area (Å²) in [7, 11) is 0. The van der Waals surface area contributed by atoms with Gasteiger partial charge in [0.15, 0.2) is 0 Å². The molecule has 2 atom stereocenters. The quantitative estimate of drug-likeness (QED) is 0.0558. The fourth-order valence-electron chi connectivity index (χ4n) is 6.24. The second-order valence-corrected chi connectivity index (χ2v) is 14.5. The van der Waals surface area contributed by atoms with Crippen LogP contribution in [0.2, 0.25) is 0 Å². The summed E-state index contributed by atoms with van der Waals surface area (Å²) >= 11 is 0. The van der Waals surface area contributed by atoms with Crippen LogP contribution in [0.5, 0.6) is 0 Å². The van der Waals surface area contributed by atoms with Crippen LogP contribution in [0.15, 0.2) is 0 Å². The third-order valence-corrected chi connectivity index (χ3v) is 9.33. The van der Waals surface area contributed by atoms with Crippen molar-refractivity contribution in [1.82, 2.24) is 0 Å². The lowest BCUT2D eigenvalue weighted by Gasteiger charge is -2.30. The summed E-state index contributed by atoms with van der Waals surface area (Å²) < 4.78 is 0. The van der Waals surface area contributed by atoms with E-state index >= 15 is 0 Å². The van der Waals surface area contributed by atoms with Gasteiger partial charge in [-0.15, -0.1) is 0 Å². The number of unbranched alkanes of at least 4 members (excludes halogenated alkanes) is 7. The zero-order valence-corrected chi connectivity index (χ0v) is 30.5. The molecule has 0 aliphatic carbocycles. The first-order chi connectivity index (χ1) is 21.7. The molecule has 0 aromatic rings. The zero-order chi connectivity index (χ0) is 35.4. The molecule has 46 heavy (non-hydrogen) atoms. The molecule has 0 aromatic heterocycles. The molecule has 0 aliphatic rings. The molecular formula is C38H72O8. The molecule has 0 amide bonds. The summed E-state index contributed by atoms with van der Waals surface area (Å²) in [5.41, 5.74) is -0.731. The normalized spacial score (nSPS) is 12.9. The van der Waals surface area contributed by atoms with Crippen LogP contribution >= 0.6 is 0 Å². The van der Waals surface area contributed by atoms with Crippen molar-refractivity contribution in [1.29, 1.82) is 0 Å². The summed E-state index contributed by atoms with van der Waals surface area (Å²) in [5.74, 6) is -1.66. The SMILES string of the molecule is CC(C)CCCCCCC(CCCCCCC(C)C)(CCCC(=O)O)C(=O)O.CCCCC(CC)CC(CCCC(=O)O)C(=O)O. The van der Waals surface area contributed by atoms with E-state index in [-0.39, 0.29) is 18.8 Å². The first-order valence-corrected chi connectivity index (χ1v) is 18.6.